The second kappa shape index (κ2) is 12.4. The number of rotatable bonds is 11. The molecule has 0 saturated heterocycles. The Morgan fingerprint density at radius 3 is 1.32 bits per heavy atom. The fourth-order valence-corrected chi connectivity index (χ4v) is 5.07. The van der Waals surface area contributed by atoms with Crippen LogP contribution in [0.3, 0.4) is 0 Å². The molecule has 40 heavy (non-hydrogen) atoms. The Labute approximate surface area is 235 Å². The number of pyridine rings is 2. The molecule has 0 fully saturated rings. The Morgan fingerprint density at radius 1 is 0.450 bits per heavy atom. The standard InChI is InChI=1S/C36H32N2O2/c1-3-9-35-29(7-1)23-37-25-31(35)21-27-11-15-33(16-12-27)39-19-5-6-20-40-34-17-13-28(14-18-34)22-32-26-38-24-30-8-2-4-10-36(30)32/h1-4,7-18,23-26H,5-6,19-22H2. The second-order valence-electron chi connectivity index (χ2n) is 10.1. The van der Waals surface area contributed by atoms with E-state index < -0.39 is 0 Å². The minimum atomic E-state index is 0.675. The van der Waals surface area contributed by atoms with Gasteiger partial charge in [-0.2, -0.15) is 0 Å². The lowest BCUT2D eigenvalue weighted by atomic mass is 10.0. The zero-order valence-electron chi connectivity index (χ0n) is 22.5. The van der Waals surface area contributed by atoms with E-state index in [1.54, 1.807) is 0 Å². The average molecular weight is 525 g/mol. The van der Waals surface area contributed by atoms with Crippen molar-refractivity contribution in [1.82, 2.24) is 9.97 Å². The summed E-state index contributed by atoms with van der Waals surface area (Å²) in [6.45, 7) is 1.35. The van der Waals surface area contributed by atoms with Crippen LogP contribution in [0.2, 0.25) is 0 Å². The quantitative estimate of drug-likeness (QED) is 0.160. The van der Waals surface area contributed by atoms with Crippen LogP contribution < -0.4 is 9.47 Å². The molecule has 6 aromatic rings. The lowest BCUT2D eigenvalue weighted by molar-refractivity contribution is 0.266. The lowest BCUT2D eigenvalue weighted by Crippen LogP contribution is -2.02. The maximum Gasteiger partial charge on any atom is 0.119 e. The van der Waals surface area contributed by atoms with Crippen molar-refractivity contribution in [3.63, 3.8) is 0 Å². The summed E-state index contributed by atoms with van der Waals surface area (Å²) in [5.41, 5.74) is 4.98. The van der Waals surface area contributed by atoms with E-state index in [2.05, 4.69) is 107 Å². The van der Waals surface area contributed by atoms with E-state index >= 15 is 0 Å². The van der Waals surface area contributed by atoms with Crippen molar-refractivity contribution < 1.29 is 9.47 Å². The smallest absolute Gasteiger partial charge is 0.119 e. The van der Waals surface area contributed by atoms with E-state index in [0.29, 0.717) is 13.2 Å². The van der Waals surface area contributed by atoms with E-state index in [9.17, 15) is 0 Å². The Balaban J connectivity index is 0.920. The van der Waals surface area contributed by atoms with Gasteiger partial charge in [0.1, 0.15) is 11.5 Å². The maximum absolute atomic E-state index is 5.96. The zero-order chi connectivity index (χ0) is 27.0. The van der Waals surface area contributed by atoms with Crippen molar-refractivity contribution in [3.05, 3.63) is 144 Å². The number of ether oxygens (including phenoxy) is 2. The first-order valence-corrected chi connectivity index (χ1v) is 13.9. The first-order valence-electron chi connectivity index (χ1n) is 13.9. The summed E-state index contributed by atoms with van der Waals surface area (Å²) in [4.78, 5) is 8.80. The van der Waals surface area contributed by atoms with Crippen molar-refractivity contribution in [2.45, 2.75) is 25.7 Å². The van der Waals surface area contributed by atoms with E-state index in [0.717, 1.165) is 37.2 Å². The Kier molecular flexibility index (Phi) is 7.95. The molecule has 0 atom stereocenters. The summed E-state index contributed by atoms with van der Waals surface area (Å²) in [6, 6.07) is 33.6. The number of benzene rings is 4. The molecule has 0 bridgehead atoms. The van der Waals surface area contributed by atoms with Gasteiger partial charge < -0.3 is 9.47 Å². The summed E-state index contributed by atoms with van der Waals surface area (Å²) in [7, 11) is 0. The number of aromatic nitrogens is 2. The number of hydrogen-bond donors (Lipinski definition) is 0. The van der Waals surface area contributed by atoms with Crippen LogP contribution in [-0.4, -0.2) is 23.2 Å². The van der Waals surface area contributed by atoms with Crippen LogP contribution in [0.25, 0.3) is 21.5 Å². The maximum atomic E-state index is 5.96. The molecule has 0 aliphatic carbocycles. The number of fused-ring (bicyclic) bond motifs is 2. The summed E-state index contributed by atoms with van der Waals surface area (Å²) in [5.74, 6) is 1.80. The molecule has 4 aromatic carbocycles. The molecule has 0 N–H and O–H groups in total. The molecule has 0 radical (unpaired) electrons. The van der Waals surface area contributed by atoms with Gasteiger partial charge >= 0.3 is 0 Å². The van der Waals surface area contributed by atoms with Gasteiger partial charge in [0.05, 0.1) is 13.2 Å². The Morgan fingerprint density at radius 2 is 0.875 bits per heavy atom. The molecule has 4 nitrogen and oxygen atoms in total. The van der Waals surface area contributed by atoms with E-state index in [4.69, 9.17) is 9.47 Å². The molecule has 6 rings (SSSR count). The fourth-order valence-electron chi connectivity index (χ4n) is 5.07. The van der Waals surface area contributed by atoms with Crippen LogP contribution in [0.5, 0.6) is 11.5 Å². The van der Waals surface area contributed by atoms with Crippen molar-refractivity contribution in [2.75, 3.05) is 13.2 Å². The third kappa shape index (κ3) is 6.29. The highest BCUT2D eigenvalue weighted by molar-refractivity contribution is 5.85. The molecule has 0 spiro atoms. The highest BCUT2D eigenvalue weighted by atomic mass is 16.5. The minimum Gasteiger partial charge on any atom is -0.494 e. The first kappa shape index (κ1) is 25.6. The molecule has 2 aromatic heterocycles. The number of nitrogens with zero attached hydrogens (tertiary/aromatic N) is 2. The normalized spacial score (nSPS) is 11.1. The van der Waals surface area contributed by atoms with Crippen molar-refractivity contribution in [1.29, 1.82) is 0 Å². The predicted molar refractivity (Wildman–Crippen MR) is 162 cm³/mol. The third-order valence-corrected chi connectivity index (χ3v) is 7.21. The first-order chi connectivity index (χ1) is 19.8. The van der Waals surface area contributed by atoms with Crippen molar-refractivity contribution in [2.24, 2.45) is 0 Å². The molecule has 0 aliphatic rings. The van der Waals surface area contributed by atoms with Crippen molar-refractivity contribution in [3.8, 4) is 11.5 Å². The Hall–Kier alpha value is -4.70. The van der Waals surface area contributed by atoms with Gasteiger partial charge in [0, 0.05) is 35.6 Å². The highest BCUT2D eigenvalue weighted by Crippen LogP contribution is 2.23. The van der Waals surface area contributed by atoms with E-state index in [-0.39, 0.29) is 0 Å². The Bertz CT molecular complexity index is 1560. The molecule has 198 valence electrons. The molecular weight excluding hydrogens is 492 g/mol. The van der Waals surface area contributed by atoms with Gasteiger partial charge in [0.15, 0.2) is 0 Å². The SMILES string of the molecule is c1ccc2c(Cc3ccc(OCCCCOc4ccc(Cc5cncc6ccccc56)cc4)cc3)cncc2c1. The minimum absolute atomic E-state index is 0.675. The monoisotopic (exact) mass is 524 g/mol. The second-order valence-corrected chi connectivity index (χ2v) is 10.1. The van der Waals surface area contributed by atoms with Crippen molar-refractivity contribution >= 4 is 21.5 Å². The van der Waals surface area contributed by atoms with Crippen LogP contribution >= 0.6 is 0 Å². The molecule has 0 saturated carbocycles. The van der Waals surface area contributed by atoms with Gasteiger partial charge in [0.25, 0.3) is 0 Å². The number of hydrogen-bond acceptors (Lipinski definition) is 4. The molecule has 2 heterocycles. The van der Waals surface area contributed by atoms with Crippen LogP contribution in [0.1, 0.15) is 35.1 Å². The topological polar surface area (TPSA) is 44.2 Å². The van der Waals surface area contributed by atoms with E-state index in [1.165, 1.54) is 43.8 Å². The number of unbranched alkanes of at least 4 members (excludes halogenated alkanes) is 1. The molecular formula is C36H32N2O2. The lowest BCUT2D eigenvalue weighted by Gasteiger charge is -2.10. The van der Waals surface area contributed by atoms with Gasteiger partial charge in [-0.25, -0.2) is 0 Å². The summed E-state index contributed by atoms with van der Waals surface area (Å²) in [5, 5.41) is 4.87. The third-order valence-electron chi connectivity index (χ3n) is 7.21. The molecule has 0 amide bonds. The van der Waals surface area contributed by atoms with Gasteiger partial charge in [0.2, 0.25) is 0 Å². The van der Waals surface area contributed by atoms with Gasteiger partial charge in [-0.1, -0.05) is 72.8 Å². The van der Waals surface area contributed by atoms with Crippen LogP contribution in [-0.2, 0) is 12.8 Å². The largest absolute Gasteiger partial charge is 0.494 e. The summed E-state index contributed by atoms with van der Waals surface area (Å²) < 4.78 is 11.9. The van der Waals surface area contributed by atoms with Gasteiger partial charge in [-0.3, -0.25) is 9.97 Å². The fraction of sp³-hybridized carbons (Fsp3) is 0.167. The summed E-state index contributed by atoms with van der Waals surface area (Å²) >= 11 is 0. The van der Waals surface area contributed by atoms with E-state index in [1.807, 2.05) is 24.8 Å². The molecule has 0 unspecified atom stereocenters. The van der Waals surface area contributed by atoms with Crippen LogP contribution in [0.15, 0.2) is 122 Å². The van der Waals surface area contributed by atoms with Crippen LogP contribution in [0, 0.1) is 0 Å². The molecule has 0 aliphatic heterocycles. The van der Waals surface area contributed by atoms with Crippen LogP contribution in [0.4, 0.5) is 0 Å². The van der Waals surface area contributed by atoms with Gasteiger partial charge in [-0.15, -0.1) is 0 Å². The average Bonchev–Trinajstić information content (AvgIpc) is 3.01. The predicted octanol–water partition coefficient (Wildman–Crippen LogP) is 8.20. The van der Waals surface area contributed by atoms with Gasteiger partial charge in [-0.05, 0) is 83.0 Å². The zero-order valence-corrected chi connectivity index (χ0v) is 22.5. The molecule has 4 heteroatoms. The highest BCUT2D eigenvalue weighted by Gasteiger charge is 2.05. The summed E-state index contributed by atoms with van der Waals surface area (Å²) in [6.07, 6.45) is 11.4.